The summed E-state index contributed by atoms with van der Waals surface area (Å²) in [7, 11) is 0. The van der Waals surface area contributed by atoms with E-state index in [9.17, 15) is 0 Å². The van der Waals surface area contributed by atoms with E-state index >= 15 is 0 Å². The minimum absolute atomic E-state index is 0.357. The SMILES string of the molecule is Cc1ccc(N)c2nnc(COc3ccccc3)n12. The zero-order valence-electron chi connectivity index (χ0n) is 10.6. The lowest BCUT2D eigenvalue weighted by atomic mass is 10.3. The van der Waals surface area contributed by atoms with Gasteiger partial charge in [-0.3, -0.25) is 4.40 Å². The number of fused-ring (bicyclic) bond motifs is 1. The Morgan fingerprint density at radius 1 is 1.11 bits per heavy atom. The summed E-state index contributed by atoms with van der Waals surface area (Å²) in [6.45, 7) is 2.34. The van der Waals surface area contributed by atoms with Gasteiger partial charge in [-0.25, -0.2) is 0 Å². The monoisotopic (exact) mass is 254 g/mol. The Hall–Kier alpha value is -2.56. The number of nitrogens with two attached hydrogens (primary N) is 1. The molecule has 2 aromatic heterocycles. The van der Waals surface area contributed by atoms with Gasteiger partial charge >= 0.3 is 0 Å². The summed E-state index contributed by atoms with van der Waals surface area (Å²) in [6.07, 6.45) is 0. The predicted octanol–water partition coefficient (Wildman–Crippen LogP) is 2.20. The summed E-state index contributed by atoms with van der Waals surface area (Å²) in [5.41, 5.74) is 8.20. The van der Waals surface area contributed by atoms with Gasteiger partial charge in [-0.05, 0) is 31.2 Å². The van der Waals surface area contributed by atoms with Crippen LogP contribution in [0.25, 0.3) is 5.65 Å². The van der Waals surface area contributed by atoms with Crippen LogP contribution in [-0.2, 0) is 6.61 Å². The molecule has 19 heavy (non-hydrogen) atoms. The van der Waals surface area contributed by atoms with E-state index in [-0.39, 0.29) is 0 Å². The van der Waals surface area contributed by atoms with Crippen molar-refractivity contribution in [2.75, 3.05) is 5.73 Å². The van der Waals surface area contributed by atoms with E-state index in [1.165, 1.54) is 0 Å². The number of anilines is 1. The number of para-hydroxylation sites is 1. The summed E-state index contributed by atoms with van der Waals surface area (Å²) >= 11 is 0. The topological polar surface area (TPSA) is 65.4 Å². The number of aromatic nitrogens is 3. The highest BCUT2D eigenvalue weighted by Gasteiger charge is 2.10. The first kappa shape index (κ1) is 11.5. The molecule has 0 saturated heterocycles. The fourth-order valence-electron chi connectivity index (χ4n) is 1.99. The van der Waals surface area contributed by atoms with Crippen LogP contribution in [0, 0.1) is 6.92 Å². The Balaban J connectivity index is 1.92. The van der Waals surface area contributed by atoms with Crippen LogP contribution in [0.3, 0.4) is 0 Å². The van der Waals surface area contributed by atoms with Crippen LogP contribution in [0.1, 0.15) is 11.5 Å². The maximum Gasteiger partial charge on any atom is 0.184 e. The first-order chi connectivity index (χ1) is 9.25. The number of nitrogen functional groups attached to an aromatic ring is 1. The average Bonchev–Trinajstić information content (AvgIpc) is 2.87. The molecule has 3 aromatic rings. The second-order valence-corrected chi connectivity index (χ2v) is 4.31. The first-order valence-corrected chi connectivity index (χ1v) is 6.02. The lowest BCUT2D eigenvalue weighted by molar-refractivity contribution is 0.294. The smallest absolute Gasteiger partial charge is 0.184 e. The largest absolute Gasteiger partial charge is 0.486 e. The number of pyridine rings is 1. The fraction of sp³-hybridized carbons (Fsp3) is 0.143. The van der Waals surface area contributed by atoms with Gasteiger partial charge in [0, 0.05) is 5.69 Å². The molecule has 3 rings (SSSR count). The van der Waals surface area contributed by atoms with Crippen molar-refractivity contribution in [2.24, 2.45) is 0 Å². The minimum atomic E-state index is 0.357. The van der Waals surface area contributed by atoms with Crippen molar-refractivity contribution < 1.29 is 4.74 Å². The second-order valence-electron chi connectivity index (χ2n) is 4.31. The molecule has 5 heteroatoms. The van der Waals surface area contributed by atoms with E-state index in [4.69, 9.17) is 10.5 Å². The van der Waals surface area contributed by atoms with Crippen molar-refractivity contribution in [3.05, 3.63) is 54.0 Å². The molecule has 0 spiro atoms. The minimum Gasteiger partial charge on any atom is -0.486 e. The van der Waals surface area contributed by atoms with E-state index in [2.05, 4.69) is 10.2 Å². The van der Waals surface area contributed by atoms with Crippen LogP contribution >= 0.6 is 0 Å². The van der Waals surface area contributed by atoms with Crippen molar-refractivity contribution in [3.8, 4) is 5.75 Å². The lowest BCUT2D eigenvalue weighted by Gasteiger charge is -2.07. The van der Waals surface area contributed by atoms with Gasteiger partial charge in [-0.1, -0.05) is 18.2 Å². The number of nitrogens with zero attached hydrogens (tertiary/aromatic N) is 3. The number of hydrogen-bond acceptors (Lipinski definition) is 4. The number of hydrogen-bond donors (Lipinski definition) is 1. The third-order valence-corrected chi connectivity index (χ3v) is 2.96. The Labute approximate surface area is 110 Å². The summed E-state index contributed by atoms with van der Waals surface area (Å²) < 4.78 is 7.60. The van der Waals surface area contributed by atoms with E-state index in [0.29, 0.717) is 17.9 Å². The molecule has 5 nitrogen and oxygen atoms in total. The molecule has 0 amide bonds. The molecule has 0 atom stereocenters. The van der Waals surface area contributed by atoms with Crippen LogP contribution in [-0.4, -0.2) is 14.6 Å². The number of benzene rings is 1. The molecule has 0 radical (unpaired) electrons. The van der Waals surface area contributed by atoms with Crippen molar-refractivity contribution >= 4 is 11.3 Å². The van der Waals surface area contributed by atoms with Gasteiger partial charge in [0.1, 0.15) is 12.4 Å². The summed E-state index contributed by atoms with van der Waals surface area (Å²) in [5.74, 6) is 1.55. The third kappa shape index (κ3) is 2.10. The van der Waals surface area contributed by atoms with Gasteiger partial charge in [0.15, 0.2) is 11.5 Å². The summed E-state index contributed by atoms with van der Waals surface area (Å²) in [6, 6.07) is 13.4. The van der Waals surface area contributed by atoms with Gasteiger partial charge in [-0.15, -0.1) is 10.2 Å². The summed E-state index contributed by atoms with van der Waals surface area (Å²) in [5, 5.41) is 8.24. The van der Waals surface area contributed by atoms with Crippen LogP contribution in [0.4, 0.5) is 5.69 Å². The molecule has 0 saturated carbocycles. The van der Waals surface area contributed by atoms with Gasteiger partial charge in [0.2, 0.25) is 0 Å². The Kier molecular flexibility index (Phi) is 2.79. The lowest BCUT2D eigenvalue weighted by Crippen LogP contribution is -2.04. The first-order valence-electron chi connectivity index (χ1n) is 6.02. The Morgan fingerprint density at radius 3 is 2.68 bits per heavy atom. The Bertz CT molecular complexity index is 706. The molecular formula is C14H14N4O. The van der Waals surface area contributed by atoms with Crippen molar-refractivity contribution in [2.45, 2.75) is 13.5 Å². The molecule has 0 bridgehead atoms. The molecule has 0 unspecified atom stereocenters. The summed E-state index contributed by atoms with van der Waals surface area (Å²) in [4.78, 5) is 0. The molecule has 96 valence electrons. The van der Waals surface area contributed by atoms with Crippen molar-refractivity contribution in [3.63, 3.8) is 0 Å². The van der Waals surface area contributed by atoms with E-state index in [1.54, 1.807) is 0 Å². The average molecular weight is 254 g/mol. The van der Waals surface area contributed by atoms with Crippen molar-refractivity contribution in [1.82, 2.24) is 14.6 Å². The normalized spacial score (nSPS) is 10.8. The molecule has 1 aromatic carbocycles. The van der Waals surface area contributed by atoms with Gasteiger partial charge in [-0.2, -0.15) is 0 Å². The zero-order chi connectivity index (χ0) is 13.2. The molecule has 2 N–H and O–H groups in total. The van der Waals surface area contributed by atoms with Gasteiger partial charge < -0.3 is 10.5 Å². The fourth-order valence-corrected chi connectivity index (χ4v) is 1.99. The maximum atomic E-state index is 5.88. The van der Waals surface area contributed by atoms with E-state index in [0.717, 1.165) is 17.3 Å². The predicted molar refractivity (Wildman–Crippen MR) is 72.9 cm³/mol. The number of aryl methyl sites for hydroxylation is 1. The molecule has 0 aliphatic heterocycles. The molecular weight excluding hydrogens is 240 g/mol. The molecule has 0 aliphatic carbocycles. The van der Waals surface area contributed by atoms with Crippen LogP contribution in [0.5, 0.6) is 5.75 Å². The van der Waals surface area contributed by atoms with Gasteiger partial charge in [0.25, 0.3) is 0 Å². The van der Waals surface area contributed by atoms with Crippen molar-refractivity contribution in [1.29, 1.82) is 0 Å². The second kappa shape index (κ2) is 4.61. The molecule has 2 heterocycles. The van der Waals surface area contributed by atoms with E-state index < -0.39 is 0 Å². The zero-order valence-corrected chi connectivity index (χ0v) is 10.6. The van der Waals surface area contributed by atoms with Crippen LogP contribution < -0.4 is 10.5 Å². The van der Waals surface area contributed by atoms with Crippen LogP contribution in [0.2, 0.25) is 0 Å². The Morgan fingerprint density at radius 2 is 1.89 bits per heavy atom. The highest BCUT2D eigenvalue weighted by Crippen LogP contribution is 2.17. The molecule has 0 aliphatic rings. The highest BCUT2D eigenvalue weighted by molar-refractivity contribution is 5.64. The maximum absolute atomic E-state index is 5.88. The quantitative estimate of drug-likeness (QED) is 0.778. The number of ether oxygens (including phenoxy) is 1. The van der Waals surface area contributed by atoms with Gasteiger partial charge in [0.05, 0.1) is 5.69 Å². The standard InChI is InChI=1S/C14H14N4O/c1-10-7-8-12(15)14-17-16-13(18(10)14)9-19-11-5-3-2-4-6-11/h2-8H,9,15H2,1H3. The van der Waals surface area contributed by atoms with E-state index in [1.807, 2.05) is 53.8 Å². The highest BCUT2D eigenvalue weighted by atomic mass is 16.5. The van der Waals surface area contributed by atoms with Crippen LogP contribution in [0.15, 0.2) is 42.5 Å². The molecule has 0 fully saturated rings. The third-order valence-electron chi connectivity index (χ3n) is 2.96. The number of rotatable bonds is 3.